The Morgan fingerprint density at radius 3 is 2.36 bits per heavy atom. The van der Waals surface area contributed by atoms with Gasteiger partial charge in [-0.25, -0.2) is 4.79 Å². The second-order valence-corrected chi connectivity index (χ2v) is 6.12. The van der Waals surface area contributed by atoms with Gasteiger partial charge in [0.15, 0.2) is 12.4 Å². The number of esters is 1. The first-order valence-corrected chi connectivity index (χ1v) is 7.89. The molecule has 0 fully saturated rings. The van der Waals surface area contributed by atoms with E-state index >= 15 is 0 Å². The second-order valence-electron chi connectivity index (χ2n) is 4.35. The van der Waals surface area contributed by atoms with Crippen LogP contribution in [0.4, 0.5) is 0 Å². The van der Waals surface area contributed by atoms with Crippen LogP contribution in [0.25, 0.3) is 0 Å². The predicted octanol–water partition coefficient (Wildman–Crippen LogP) is 4.26. The molecule has 6 heteroatoms. The number of methoxy groups -OCH3 is 1. The highest BCUT2D eigenvalue weighted by atomic mass is 79.9. The van der Waals surface area contributed by atoms with Gasteiger partial charge < -0.3 is 9.47 Å². The number of hydrogen-bond donors (Lipinski definition) is 0. The Morgan fingerprint density at radius 2 is 1.73 bits per heavy atom. The highest BCUT2D eigenvalue weighted by Gasteiger charge is 2.15. The van der Waals surface area contributed by atoms with Crippen LogP contribution in [0.15, 0.2) is 51.4 Å². The van der Waals surface area contributed by atoms with E-state index in [1.165, 1.54) is 7.11 Å². The van der Waals surface area contributed by atoms with Crippen molar-refractivity contribution in [2.45, 2.75) is 0 Å². The minimum atomic E-state index is -0.587. The highest BCUT2D eigenvalue weighted by Crippen LogP contribution is 2.23. The van der Waals surface area contributed by atoms with Crippen molar-refractivity contribution < 1.29 is 19.1 Å². The van der Waals surface area contributed by atoms with Crippen LogP contribution >= 0.6 is 31.9 Å². The summed E-state index contributed by atoms with van der Waals surface area (Å²) in [7, 11) is 1.51. The van der Waals surface area contributed by atoms with Crippen LogP contribution in [0, 0.1) is 0 Å². The van der Waals surface area contributed by atoms with Gasteiger partial charge in [0.05, 0.1) is 12.7 Å². The molecule has 2 aromatic carbocycles. The minimum Gasteiger partial charge on any atom is -0.497 e. The Balaban J connectivity index is 2.03. The van der Waals surface area contributed by atoms with E-state index in [0.29, 0.717) is 21.3 Å². The molecule has 0 N–H and O–H groups in total. The monoisotopic (exact) mass is 426 g/mol. The molecular weight excluding hydrogens is 416 g/mol. The molecule has 0 aliphatic rings. The summed E-state index contributed by atoms with van der Waals surface area (Å²) in [5.74, 6) is -0.314. The molecule has 0 unspecified atom stereocenters. The third-order valence-corrected chi connectivity index (χ3v) is 4.11. The molecule has 0 saturated heterocycles. The zero-order valence-corrected chi connectivity index (χ0v) is 14.8. The molecule has 0 heterocycles. The number of ketones is 1. The Hall–Kier alpha value is -1.66. The Bertz CT molecular complexity index is 696. The van der Waals surface area contributed by atoms with Crippen LogP contribution in [-0.2, 0) is 4.74 Å². The lowest BCUT2D eigenvalue weighted by Gasteiger charge is -2.08. The molecule has 2 aromatic rings. The molecule has 0 saturated carbocycles. The van der Waals surface area contributed by atoms with E-state index in [2.05, 4.69) is 31.9 Å². The minimum absolute atomic E-state index is 0.264. The van der Waals surface area contributed by atoms with E-state index in [-0.39, 0.29) is 12.4 Å². The van der Waals surface area contributed by atoms with E-state index in [0.717, 1.165) is 4.47 Å². The number of rotatable bonds is 5. The van der Waals surface area contributed by atoms with Crippen LogP contribution in [0.3, 0.4) is 0 Å². The third kappa shape index (κ3) is 4.18. The lowest BCUT2D eigenvalue weighted by Crippen LogP contribution is -2.14. The summed E-state index contributed by atoms with van der Waals surface area (Å²) >= 11 is 6.57. The smallest absolute Gasteiger partial charge is 0.339 e. The van der Waals surface area contributed by atoms with Gasteiger partial charge in [-0.05, 0) is 46.3 Å². The number of ether oxygens (including phenoxy) is 2. The van der Waals surface area contributed by atoms with E-state index in [9.17, 15) is 9.59 Å². The van der Waals surface area contributed by atoms with Gasteiger partial charge in [-0.2, -0.15) is 0 Å². The largest absolute Gasteiger partial charge is 0.497 e. The molecule has 0 amide bonds. The summed E-state index contributed by atoms with van der Waals surface area (Å²) in [4.78, 5) is 24.0. The Morgan fingerprint density at radius 1 is 1.05 bits per heavy atom. The predicted molar refractivity (Wildman–Crippen MR) is 89.4 cm³/mol. The van der Waals surface area contributed by atoms with Gasteiger partial charge in [-0.1, -0.05) is 28.1 Å². The molecule has 2 rings (SSSR count). The summed E-state index contributed by atoms with van der Waals surface area (Å²) in [5, 5.41) is 0. The molecule has 0 aromatic heterocycles. The van der Waals surface area contributed by atoms with Gasteiger partial charge in [0.2, 0.25) is 0 Å². The SMILES string of the molecule is COc1ccc(Br)c(C(=O)OCC(=O)c2ccc(Br)cc2)c1. The molecule has 4 nitrogen and oxygen atoms in total. The van der Waals surface area contributed by atoms with Crippen LogP contribution < -0.4 is 4.74 Å². The second kappa shape index (κ2) is 7.56. The molecule has 0 radical (unpaired) electrons. The molecule has 0 atom stereocenters. The normalized spacial score (nSPS) is 10.1. The van der Waals surface area contributed by atoms with E-state index in [1.54, 1.807) is 42.5 Å². The van der Waals surface area contributed by atoms with Crippen LogP contribution in [0.2, 0.25) is 0 Å². The van der Waals surface area contributed by atoms with Gasteiger partial charge in [0.25, 0.3) is 0 Å². The number of Topliss-reactive ketones (excluding diaryl/α,β-unsaturated/α-hetero) is 1. The van der Waals surface area contributed by atoms with Crippen LogP contribution in [0.1, 0.15) is 20.7 Å². The lowest BCUT2D eigenvalue weighted by atomic mass is 10.1. The van der Waals surface area contributed by atoms with Gasteiger partial charge in [0.1, 0.15) is 5.75 Å². The first-order valence-electron chi connectivity index (χ1n) is 6.30. The van der Waals surface area contributed by atoms with Crippen molar-refractivity contribution in [3.63, 3.8) is 0 Å². The molecule has 0 spiro atoms. The van der Waals surface area contributed by atoms with Gasteiger partial charge >= 0.3 is 5.97 Å². The van der Waals surface area contributed by atoms with Crippen molar-refractivity contribution in [1.82, 2.24) is 0 Å². The van der Waals surface area contributed by atoms with E-state index in [4.69, 9.17) is 9.47 Å². The van der Waals surface area contributed by atoms with Gasteiger partial charge in [0, 0.05) is 14.5 Å². The summed E-state index contributed by atoms with van der Waals surface area (Å²) < 4.78 is 11.6. The summed E-state index contributed by atoms with van der Waals surface area (Å²) in [5.41, 5.74) is 0.795. The summed E-state index contributed by atoms with van der Waals surface area (Å²) in [6, 6.07) is 11.8. The maximum absolute atomic E-state index is 12.1. The topological polar surface area (TPSA) is 52.6 Å². The first kappa shape index (κ1) is 16.7. The van der Waals surface area contributed by atoms with Crippen LogP contribution in [-0.4, -0.2) is 25.5 Å². The highest BCUT2D eigenvalue weighted by molar-refractivity contribution is 9.10. The fraction of sp³-hybridized carbons (Fsp3) is 0.125. The van der Waals surface area contributed by atoms with Crippen molar-refractivity contribution in [3.05, 3.63) is 62.5 Å². The zero-order valence-electron chi connectivity index (χ0n) is 11.6. The number of carbonyl (C=O) groups excluding carboxylic acids is 2. The fourth-order valence-electron chi connectivity index (χ4n) is 1.72. The third-order valence-electron chi connectivity index (χ3n) is 2.89. The van der Waals surface area contributed by atoms with E-state index in [1.807, 2.05) is 0 Å². The molecule has 0 bridgehead atoms. The summed E-state index contributed by atoms with van der Waals surface area (Å²) in [6.45, 7) is -0.315. The van der Waals surface area contributed by atoms with Gasteiger partial charge in [-0.3, -0.25) is 4.79 Å². The fourth-order valence-corrected chi connectivity index (χ4v) is 2.39. The molecule has 0 aliphatic carbocycles. The molecular formula is C16H12Br2O4. The zero-order chi connectivity index (χ0) is 16.1. The van der Waals surface area contributed by atoms with Crippen molar-refractivity contribution in [3.8, 4) is 5.75 Å². The van der Waals surface area contributed by atoms with E-state index < -0.39 is 5.97 Å². The standard InChI is InChI=1S/C16H12Br2O4/c1-21-12-6-7-14(18)13(8-12)16(20)22-9-15(19)10-2-4-11(17)5-3-10/h2-8H,9H2,1H3. The average molecular weight is 428 g/mol. The van der Waals surface area contributed by atoms with Crippen LogP contribution in [0.5, 0.6) is 5.75 Å². The average Bonchev–Trinajstić information content (AvgIpc) is 2.53. The first-order chi connectivity index (χ1) is 10.5. The Kier molecular flexibility index (Phi) is 5.74. The quantitative estimate of drug-likeness (QED) is 0.528. The lowest BCUT2D eigenvalue weighted by molar-refractivity contribution is 0.0473. The number of carbonyl (C=O) groups is 2. The molecule has 0 aliphatic heterocycles. The van der Waals surface area contributed by atoms with Gasteiger partial charge in [-0.15, -0.1) is 0 Å². The van der Waals surface area contributed by atoms with Crippen molar-refractivity contribution in [2.24, 2.45) is 0 Å². The van der Waals surface area contributed by atoms with Crippen molar-refractivity contribution >= 4 is 43.6 Å². The molecule has 114 valence electrons. The maximum atomic E-state index is 12.1. The number of benzene rings is 2. The van der Waals surface area contributed by atoms with Crippen molar-refractivity contribution in [1.29, 1.82) is 0 Å². The van der Waals surface area contributed by atoms with Crippen molar-refractivity contribution in [2.75, 3.05) is 13.7 Å². The number of halogens is 2. The number of hydrogen-bond acceptors (Lipinski definition) is 4. The maximum Gasteiger partial charge on any atom is 0.339 e. The molecule has 22 heavy (non-hydrogen) atoms. The summed E-state index contributed by atoms with van der Waals surface area (Å²) in [6.07, 6.45) is 0. The Labute approximate surface area is 144 Å².